The Kier molecular flexibility index (Phi) is 4.20. The number of fused-ring (bicyclic) bond motifs is 1. The molecule has 2 nitrogen and oxygen atoms in total. The first kappa shape index (κ1) is 15.2. The Hall–Kier alpha value is -2.35. The maximum Gasteiger partial charge on any atom is 0.309 e. The molecule has 4 rings (SSSR count). The molecule has 2 aliphatic rings. The lowest BCUT2D eigenvalue weighted by molar-refractivity contribution is -0.147. The zero-order valence-corrected chi connectivity index (χ0v) is 13.8. The summed E-state index contributed by atoms with van der Waals surface area (Å²) in [7, 11) is 0. The molecule has 24 heavy (non-hydrogen) atoms. The van der Waals surface area contributed by atoms with Crippen LogP contribution in [0.4, 0.5) is 0 Å². The van der Waals surface area contributed by atoms with Gasteiger partial charge in [-0.3, -0.25) is 4.79 Å². The van der Waals surface area contributed by atoms with Gasteiger partial charge in [0.25, 0.3) is 0 Å². The summed E-state index contributed by atoms with van der Waals surface area (Å²) in [5.74, 6) is 0.496. The Balaban J connectivity index is 1.79. The largest absolute Gasteiger partial charge is 0.465 e. The van der Waals surface area contributed by atoms with Crippen LogP contribution in [0.15, 0.2) is 66.2 Å². The van der Waals surface area contributed by atoms with E-state index in [4.69, 9.17) is 4.74 Å². The molecule has 0 amide bonds. The van der Waals surface area contributed by atoms with E-state index in [0.717, 1.165) is 25.7 Å². The highest BCUT2D eigenvalue weighted by Gasteiger charge is 2.39. The molecule has 0 spiro atoms. The maximum atomic E-state index is 12.3. The zero-order valence-electron chi connectivity index (χ0n) is 13.8. The normalized spacial score (nSPS) is 23.3. The number of esters is 1. The van der Waals surface area contributed by atoms with Gasteiger partial charge in [0.1, 0.15) is 0 Å². The molecule has 2 aromatic rings. The van der Waals surface area contributed by atoms with E-state index in [-0.39, 0.29) is 11.9 Å². The molecule has 2 aromatic carbocycles. The van der Waals surface area contributed by atoms with Crippen molar-refractivity contribution in [2.45, 2.75) is 25.7 Å². The summed E-state index contributed by atoms with van der Waals surface area (Å²) in [6.07, 6.45) is 3.93. The topological polar surface area (TPSA) is 26.3 Å². The van der Waals surface area contributed by atoms with Crippen molar-refractivity contribution in [3.05, 3.63) is 77.4 Å². The fraction of sp³-hybridized carbons (Fsp3) is 0.318. The number of hydrogen-bond acceptors (Lipinski definition) is 2. The predicted octanol–water partition coefficient (Wildman–Crippen LogP) is 4.85. The van der Waals surface area contributed by atoms with Crippen LogP contribution in [0, 0.1) is 11.8 Å². The molecule has 2 heteroatoms. The van der Waals surface area contributed by atoms with Crippen molar-refractivity contribution in [2.75, 3.05) is 6.61 Å². The Morgan fingerprint density at radius 3 is 2.12 bits per heavy atom. The smallest absolute Gasteiger partial charge is 0.309 e. The van der Waals surface area contributed by atoms with Gasteiger partial charge in [0, 0.05) is 0 Å². The molecule has 1 heterocycles. The third-order valence-electron chi connectivity index (χ3n) is 5.29. The van der Waals surface area contributed by atoms with Gasteiger partial charge in [-0.15, -0.1) is 0 Å². The summed E-state index contributed by atoms with van der Waals surface area (Å²) in [5.41, 5.74) is 5.19. The van der Waals surface area contributed by atoms with E-state index in [0.29, 0.717) is 12.5 Å². The van der Waals surface area contributed by atoms with Crippen LogP contribution in [0.2, 0.25) is 0 Å². The number of allylic oxidation sites excluding steroid dienone is 1. The minimum atomic E-state index is 0.00738. The van der Waals surface area contributed by atoms with Crippen molar-refractivity contribution < 1.29 is 9.53 Å². The molecular formula is C22H22O2. The first-order chi connectivity index (χ1) is 11.8. The molecule has 2 unspecified atom stereocenters. The standard InChI is InChI=1S/C22H22O2/c23-22-20-15-19(14-18(20)12-7-13-24-22)21(16-8-3-1-4-9-16)17-10-5-2-6-11-17/h1-6,8-11,18,20H,7,12-15H2. The van der Waals surface area contributed by atoms with Crippen LogP contribution < -0.4 is 0 Å². The lowest BCUT2D eigenvalue weighted by Gasteiger charge is -2.13. The number of ether oxygens (including phenoxy) is 1. The van der Waals surface area contributed by atoms with Gasteiger partial charge in [0.05, 0.1) is 12.5 Å². The van der Waals surface area contributed by atoms with Crippen LogP contribution in [0.25, 0.3) is 5.57 Å². The van der Waals surface area contributed by atoms with E-state index < -0.39 is 0 Å². The molecule has 0 radical (unpaired) electrons. The Labute approximate surface area is 143 Å². The van der Waals surface area contributed by atoms with Crippen LogP contribution in [0.5, 0.6) is 0 Å². The SMILES string of the molecule is O=C1OCCCC2CC(=C(c3ccccc3)c3ccccc3)CC12. The quantitative estimate of drug-likeness (QED) is 0.740. The summed E-state index contributed by atoms with van der Waals surface area (Å²) >= 11 is 0. The predicted molar refractivity (Wildman–Crippen MR) is 95.3 cm³/mol. The van der Waals surface area contributed by atoms with Crippen LogP contribution >= 0.6 is 0 Å². The Bertz CT molecular complexity index is 705. The number of rotatable bonds is 2. The lowest BCUT2D eigenvalue weighted by atomic mass is 9.91. The van der Waals surface area contributed by atoms with E-state index in [9.17, 15) is 4.79 Å². The van der Waals surface area contributed by atoms with Gasteiger partial charge in [-0.05, 0) is 48.3 Å². The van der Waals surface area contributed by atoms with Gasteiger partial charge in [0.15, 0.2) is 0 Å². The summed E-state index contributed by atoms with van der Waals surface area (Å²) in [4.78, 5) is 12.3. The van der Waals surface area contributed by atoms with Crippen LogP contribution in [0.3, 0.4) is 0 Å². The third-order valence-corrected chi connectivity index (χ3v) is 5.29. The molecule has 1 saturated heterocycles. The summed E-state index contributed by atoms with van der Waals surface area (Å²) in [6, 6.07) is 21.1. The molecule has 0 N–H and O–H groups in total. The highest BCUT2D eigenvalue weighted by Crippen LogP contribution is 2.45. The number of carbonyl (C=O) groups is 1. The van der Waals surface area contributed by atoms with Gasteiger partial charge in [-0.1, -0.05) is 66.2 Å². The van der Waals surface area contributed by atoms with E-state index in [1.165, 1.54) is 22.3 Å². The molecule has 2 fully saturated rings. The average Bonchev–Trinajstić information content (AvgIpc) is 2.97. The van der Waals surface area contributed by atoms with Gasteiger partial charge < -0.3 is 4.74 Å². The molecular weight excluding hydrogens is 296 g/mol. The van der Waals surface area contributed by atoms with Crippen molar-refractivity contribution in [1.82, 2.24) is 0 Å². The molecule has 1 aliphatic heterocycles. The van der Waals surface area contributed by atoms with Crippen molar-refractivity contribution in [2.24, 2.45) is 11.8 Å². The first-order valence-electron chi connectivity index (χ1n) is 8.82. The number of carbonyl (C=O) groups excluding carboxylic acids is 1. The lowest BCUT2D eigenvalue weighted by Crippen LogP contribution is -2.18. The number of hydrogen-bond donors (Lipinski definition) is 0. The van der Waals surface area contributed by atoms with E-state index in [1.54, 1.807) is 0 Å². The van der Waals surface area contributed by atoms with Crippen LogP contribution in [0.1, 0.15) is 36.8 Å². The monoisotopic (exact) mass is 318 g/mol. The van der Waals surface area contributed by atoms with E-state index in [2.05, 4.69) is 48.5 Å². The molecule has 122 valence electrons. The Morgan fingerprint density at radius 1 is 0.875 bits per heavy atom. The number of benzene rings is 2. The summed E-state index contributed by atoms with van der Waals surface area (Å²) in [6.45, 7) is 0.592. The first-order valence-corrected chi connectivity index (χ1v) is 8.82. The molecule has 1 aliphatic carbocycles. The van der Waals surface area contributed by atoms with Crippen molar-refractivity contribution in [1.29, 1.82) is 0 Å². The maximum absolute atomic E-state index is 12.3. The average molecular weight is 318 g/mol. The second-order valence-corrected chi connectivity index (χ2v) is 6.80. The Morgan fingerprint density at radius 2 is 1.50 bits per heavy atom. The van der Waals surface area contributed by atoms with Crippen LogP contribution in [-0.4, -0.2) is 12.6 Å². The van der Waals surface area contributed by atoms with Gasteiger partial charge >= 0.3 is 5.97 Å². The molecule has 1 saturated carbocycles. The minimum Gasteiger partial charge on any atom is -0.465 e. The van der Waals surface area contributed by atoms with Crippen molar-refractivity contribution in [3.63, 3.8) is 0 Å². The van der Waals surface area contributed by atoms with Crippen LogP contribution in [-0.2, 0) is 9.53 Å². The molecule has 0 aromatic heterocycles. The fourth-order valence-electron chi connectivity index (χ4n) is 4.17. The number of cyclic esters (lactones) is 1. The fourth-order valence-corrected chi connectivity index (χ4v) is 4.17. The third kappa shape index (κ3) is 2.89. The zero-order chi connectivity index (χ0) is 16.4. The van der Waals surface area contributed by atoms with E-state index in [1.807, 2.05) is 12.1 Å². The second kappa shape index (κ2) is 6.64. The van der Waals surface area contributed by atoms with Crippen molar-refractivity contribution >= 4 is 11.5 Å². The van der Waals surface area contributed by atoms with Crippen molar-refractivity contribution in [3.8, 4) is 0 Å². The van der Waals surface area contributed by atoms with E-state index >= 15 is 0 Å². The highest BCUT2D eigenvalue weighted by atomic mass is 16.5. The second-order valence-electron chi connectivity index (χ2n) is 6.80. The highest BCUT2D eigenvalue weighted by molar-refractivity contribution is 5.84. The summed E-state index contributed by atoms with van der Waals surface area (Å²) < 4.78 is 5.39. The molecule has 2 atom stereocenters. The van der Waals surface area contributed by atoms with Gasteiger partial charge in [-0.25, -0.2) is 0 Å². The van der Waals surface area contributed by atoms with Gasteiger partial charge in [0.2, 0.25) is 0 Å². The molecule has 0 bridgehead atoms. The minimum absolute atomic E-state index is 0.00738. The van der Waals surface area contributed by atoms with Gasteiger partial charge in [-0.2, -0.15) is 0 Å². The summed E-state index contributed by atoms with van der Waals surface area (Å²) in [5, 5.41) is 0.